The van der Waals surface area contributed by atoms with E-state index in [-0.39, 0.29) is 18.4 Å². The third-order valence-corrected chi connectivity index (χ3v) is 2.76. The number of carbonyl (C=O) groups is 1. The minimum absolute atomic E-state index is 0.0802. The number of hydrogen-bond donors (Lipinski definition) is 3. The van der Waals surface area contributed by atoms with E-state index in [9.17, 15) is 4.79 Å². The van der Waals surface area contributed by atoms with Gasteiger partial charge in [-0.3, -0.25) is 9.80 Å². The number of nitrogens with two attached hydrogens (primary N) is 1. The molecule has 0 fully saturated rings. The molecule has 0 rings (SSSR count). The van der Waals surface area contributed by atoms with Crippen LogP contribution < -0.4 is 5.84 Å². The lowest BCUT2D eigenvalue weighted by molar-refractivity contribution is -0.128. The van der Waals surface area contributed by atoms with Crippen LogP contribution in [-0.4, -0.2) is 34.6 Å². The first-order valence-corrected chi connectivity index (χ1v) is 5.26. The number of nitrogens with zero attached hydrogens (tertiary/aromatic N) is 2. The molecule has 0 saturated heterocycles. The third-order valence-electron chi connectivity index (χ3n) is 2.76. The van der Waals surface area contributed by atoms with E-state index in [4.69, 9.17) is 16.5 Å². The van der Waals surface area contributed by atoms with Gasteiger partial charge in [-0.15, -0.1) is 0 Å². The van der Waals surface area contributed by atoms with E-state index in [1.165, 1.54) is 13.1 Å². The van der Waals surface area contributed by atoms with Gasteiger partial charge in [-0.25, -0.2) is 5.84 Å². The second-order valence-corrected chi connectivity index (χ2v) is 4.00. The van der Waals surface area contributed by atoms with Gasteiger partial charge in [-0.2, -0.15) is 0 Å². The number of hydrazine groups is 1. The Morgan fingerprint density at radius 3 is 2.41 bits per heavy atom. The molecule has 1 atom stereocenters. The van der Waals surface area contributed by atoms with Crippen LogP contribution in [0, 0.1) is 11.3 Å². The van der Waals surface area contributed by atoms with Crippen LogP contribution in [0.1, 0.15) is 27.7 Å². The van der Waals surface area contributed by atoms with Crippen LogP contribution in [0.25, 0.3) is 0 Å². The fourth-order valence-corrected chi connectivity index (χ4v) is 1.23. The maximum atomic E-state index is 11.0. The summed E-state index contributed by atoms with van der Waals surface area (Å²) in [5.74, 6) is 5.16. The Labute approximate surface area is 101 Å². The number of carbonyl (C=O) groups excluding carboxylic acids is 1. The first-order valence-electron chi connectivity index (χ1n) is 5.26. The molecule has 4 N–H and O–H groups in total. The van der Waals surface area contributed by atoms with Crippen molar-refractivity contribution in [3.05, 3.63) is 11.1 Å². The highest BCUT2D eigenvalue weighted by atomic mass is 16.4. The molecule has 17 heavy (non-hydrogen) atoms. The summed E-state index contributed by atoms with van der Waals surface area (Å²) in [7, 11) is 0. The third kappa shape index (κ3) is 4.78. The van der Waals surface area contributed by atoms with Gasteiger partial charge in [-0.05, 0) is 19.4 Å². The molecule has 0 radical (unpaired) electrons. The Morgan fingerprint density at radius 2 is 2.06 bits per heavy atom. The lowest BCUT2D eigenvalue weighted by Crippen LogP contribution is -2.37. The lowest BCUT2D eigenvalue weighted by atomic mass is 9.94. The summed E-state index contributed by atoms with van der Waals surface area (Å²) >= 11 is 0. The van der Waals surface area contributed by atoms with Gasteiger partial charge in [0.1, 0.15) is 0 Å². The van der Waals surface area contributed by atoms with Gasteiger partial charge in [0.15, 0.2) is 0 Å². The van der Waals surface area contributed by atoms with E-state index < -0.39 is 0 Å². The number of nitrogens with one attached hydrogen (secondary N) is 1. The molecule has 0 aromatic rings. The van der Waals surface area contributed by atoms with Gasteiger partial charge in [0, 0.05) is 18.6 Å². The number of allylic oxidation sites excluding steroid dienone is 1. The minimum atomic E-state index is -0.277. The van der Waals surface area contributed by atoms with Crippen LogP contribution in [-0.2, 0) is 4.79 Å². The first kappa shape index (κ1) is 15.3. The summed E-state index contributed by atoms with van der Waals surface area (Å²) in [6.45, 7) is 6.91. The van der Waals surface area contributed by atoms with Crippen molar-refractivity contribution >= 4 is 17.8 Å². The fourth-order valence-electron chi connectivity index (χ4n) is 1.23. The molecule has 96 valence electrons. The van der Waals surface area contributed by atoms with Crippen LogP contribution in [0.3, 0.4) is 0 Å². The smallest absolute Gasteiger partial charge is 0.233 e. The molecule has 6 heteroatoms. The van der Waals surface area contributed by atoms with Crippen molar-refractivity contribution < 1.29 is 10.0 Å². The van der Waals surface area contributed by atoms with Crippen molar-refractivity contribution in [2.24, 2.45) is 16.9 Å². The second-order valence-electron chi connectivity index (χ2n) is 4.00. The molecule has 6 nitrogen and oxygen atoms in total. The molecule has 0 spiro atoms. The van der Waals surface area contributed by atoms with E-state index in [1.807, 2.05) is 13.8 Å². The van der Waals surface area contributed by atoms with Crippen molar-refractivity contribution in [1.82, 2.24) is 5.01 Å². The van der Waals surface area contributed by atoms with E-state index in [0.29, 0.717) is 11.3 Å². The molecule has 0 aliphatic rings. The Bertz CT molecular complexity index is 360. The molecule has 0 aromatic carbocycles. The van der Waals surface area contributed by atoms with Crippen molar-refractivity contribution in [2.45, 2.75) is 27.7 Å². The van der Waals surface area contributed by atoms with Gasteiger partial charge in [0.25, 0.3) is 0 Å². The molecule has 0 saturated carbocycles. The first-order chi connectivity index (χ1) is 7.81. The zero-order valence-electron chi connectivity index (χ0n) is 10.7. The van der Waals surface area contributed by atoms with Crippen LogP contribution >= 0.6 is 0 Å². The highest BCUT2D eigenvalue weighted by molar-refractivity contribution is 5.87. The predicted molar refractivity (Wildman–Crippen MR) is 67.1 cm³/mol. The maximum absolute atomic E-state index is 11.0. The largest absolute Gasteiger partial charge is 0.411 e. The maximum Gasteiger partial charge on any atom is 0.233 e. The van der Waals surface area contributed by atoms with E-state index >= 15 is 0 Å². The van der Waals surface area contributed by atoms with E-state index in [2.05, 4.69) is 5.16 Å². The molecule has 0 aliphatic carbocycles. The standard InChI is InChI=1S/C11H20N4O2/c1-7(9(3)12)8(2)11(5-14-17)6-15(13)10(4)16/h5,7,12,17H,6,13H2,1-4H3/b11-8-,12-9?,14-5+. The molecule has 0 heterocycles. The average Bonchev–Trinajstić information content (AvgIpc) is 2.25. The molecular weight excluding hydrogens is 220 g/mol. The van der Waals surface area contributed by atoms with Crippen LogP contribution in [0.5, 0.6) is 0 Å². The Kier molecular flexibility index (Phi) is 6.12. The van der Waals surface area contributed by atoms with Crippen LogP contribution in [0.2, 0.25) is 0 Å². The Balaban J connectivity index is 5.13. The molecule has 0 aromatic heterocycles. The topological polar surface area (TPSA) is 103 Å². The van der Waals surface area contributed by atoms with Gasteiger partial charge < -0.3 is 10.6 Å². The Hall–Kier alpha value is -1.69. The summed E-state index contributed by atoms with van der Waals surface area (Å²) in [5.41, 5.74) is 1.98. The highest BCUT2D eigenvalue weighted by Crippen LogP contribution is 2.15. The number of hydrogen-bond acceptors (Lipinski definition) is 5. The molecular formula is C11H20N4O2. The minimum Gasteiger partial charge on any atom is -0.411 e. The number of oxime groups is 1. The SMILES string of the molecule is CC(=N)C(C)/C(C)=C(/C=N/O)CN(N)C(C)=O. The van der Waals surface area contributed by atoms with Crippen molar-refractivity contribution in [1.29, 1.82) is 5.41 Å². The quantitative estimate of drug-likeness (QED) is 0.221. The fraction of sp³-hybridized carbons (Fsp3) is 0.545. The molecule has 0 aliphatic heterocycles. The summed E-state index contributed by atoms with van der Waals surface area (Å²) in [4.78, 5) is 11.0. The zero-order chi connectivity index (χ0) is 13.6. The predicted octanol–water partition coefficient (Wildman–Crippen LogP) is 1.16. The summed E-state index contributed by atoms with van der Waals surface area (Å²) < 4.78 is 0. The van der Waals surface area contributed by atoms with Gasteiger partial charge in [-0.1, -0.05) is 17.7 Å². The van der Waals surface area contributed by atoms with Gasteiger partial charge >= 0.3 is 0 Å². The zero-order valence-corrected chi connectivity index (χ0v) is 10.7. The van der Waals surface area contributed by atoms with E-state index in [1.54, 1.807) is 6.92 Å². The molecule has 0 bridgehead atoms. The van der Waals surface area contributed by atoms with Crippen molar-refractivity contribution in [3.8, 4) is 0 Å². The number of amides is 1. The van der Waals surface area contributed by atoms with Crippen molar-refractivity contribution in [3.63, 3.8) is 0 Å². The lowest BCUT2D eigenvalue weighted by Gasteiger charge is -2.19. The van der Waals surface area contributed by atoms with E-state index in [0.717, 1.165) is 10.6 Å². The molecule has 1 amide bonds. The van der Waals surface area contributed by atoms with Gasteiger partial charge in [0.05, 0.1) is 12.8 Å². The normalized spacial score (nSPS) is 14.4. The Morgan fingerprint density at radius 1 is 1.53 bits per heavy atom. The highest BCUT2D eigenvalue weighted by Gasteiger charge is 2.14. The van der Waals surface area contributed by atoms with Crippen LogP contribution in [0.15, 0.2) is 16.3 Å². The molecule has 1 unspecified atom stereocenters. The summed E-state index contributed by atoms with van der Waals surface area (Å²) in [5, 5.41) is 20.2. The average molecular weight is 240 g/mol. The monoisotopic (exact) mass is 240 g/mol. The second kappa shape index (κ2) is 6.80. The summed E-state index contributed by atoms with van der Waals surface area (Å²) in [6, 6.07) is 0. The summed E-state index contributed by atoms with van der Waals surface area (Å²) in [6.07, 6.45) is 1.25. The van der Waals surface area contributed by atoms with Gasteiger partial charge in [0.2, 0.25) is 5.91 Å². The van der Waals surface area contributed by atoms with Crippen LogP contribution in [0.4, 0.5) is 0 Å². The number of rotatable bonds is 5. The van der Waals surface area contributed by atoms with Crippen molar-refractivity contribution in [2.75, 3.05) is 6.54 Å².